The third-order valence-corrected chi connectivity index (χ3v) is 12.0. The molecule has 0 spiro atoms. The van der Waals surface area contributed by atoms with Gasteiger partial charge in [-0.05, 0) is 99.6 Å². The molecule has 292 valence electrons. The molecule has 0 amide bonds. The second kappa shape index (κ2) is 15.5. The number of hydrogen-bond acceptors (Lipinski definition) is 7. The van der Waals surface area contributed by atoms with E-state index in [0.29, 0.717) is 0 Å². The zero-order chi connectivity index (χ0) is 39.8. The van der Waals surface area contributed by atoms with Gasteiger partial charge in [0.1, 0.15) is 12.3 Å². The number of fused-ring (bicyclic) bond motifs is 2. The minimum atomic E-state index is -0.165. The Morgan fingerprint density at radius 1 is 0.300 bits per heavy atom. The molecule has 0 saturated carbocycles. The van der Waals surface area contributed by atoms with Crippen molar-refractivity contribution in [3.63, 3.8) is 0 Å². The van der Waals surface area contributed by atoms with Gasteiger partial charge in [0.05, 0.1) is 41.2 Å². The molecule has 7 nitrogen and oxygen atoms in total. The van der Waals surface area contributed by atoms with E-state index < -0.39 is 0 Å². The van der Waals surface area contributed by atoms with Crippen LogP contribution in [0.5, 0.6) is 0 Å². The standard InChI is InChI=1S/C53H45N7/c1-4-16-36(17-5-1)37-30-32-38(33-31-37)49-56-50(39-18-14-20-41(34-39)52-54-45-26-10-12-28-47(45)59(52)43-22-6-2-7-23-43)58-51(57-49)40-19-15-21-42(35-40)53-55-46-27-11-13-29-48(46)60(53)44-24-8-3-9-25-44/h1-35,49-58H. The molecule has 1 saturated heterocycles. The van der Waals surface area contributed by atoms with Crippen molar-refractivity contribution >= 4 is 34.1 Å². The zero-order valence-electron chi connectivity index (χ0n) is 33.0. The van der Waals surface area contributed by atoms with Crippen molar-refractivity contribution in [1.82, 2.24) is 16.0 Å². The molecule has 3 aliphatic rings. The molecule has 8 aromatic carbocycles. The molecule has 8 aromatic rings. The van der Waals surface area contributed by atoms with Crippen molar-refractivity contribution in [1.29, 1.82) is 0 Å². The highest BCUT2D eigenvalue weighted by atomic mass is 15.4. The lowest BCUT2D eigenvalue weighted by Gasteiger charge is -2.40. The van der Waals surface area contributed by atoms with E-state index in [1.807, 2.05) is 0 Å². The third kappa shape index (κ3) is 6.74. The van der Waals surface area contributed by atoms with Crippen LogP contribution in [0.15, 0.2) is 212 Å². The van der Waals surface area contributed by atoms with Crippen molar-refractivity contribution in [2.45, 2.75) is 30.8 Å². The average Bonchev–Trinajstić information content (AvgIpc) is 3.92. The third-order valence-electron chi connectivity index (χ3n) is 12.0. The Kier molecular flexibility index (Phi) is 9.32. The number of rotatable bonds is 8. The van der Waals surface area contributed by atoms with E-state index in [0.717, 1.165) is 33.9 Å². The maximum absolute atomic E-state index is 3.99. The summed E-state index contributed by atoms with van der Waals surface area (Å²) >= 11 is 0. The van der Waals surface area contributed by atoms with Crippen LogP contribution in [-0.2, 0) is 0 Å². The van der Waals surface area contributed by atoms with Crippen molar-refractivity contribution in [3.05, 3.63) is 240 Å². The van der Waals surface area contributed by atoms with Crippen LogP contribution in [0.1, 0.15) is 58.6 Å². The fourth-order valence-electron chi connectivity index (χ4n) is 9.07. The maximum Gasteiger partial charge on any atom is 0.130 e. The molecule has 4 unspecified atom stereocenters. The number of hydrogen-bond donors (Lipinski definition) is 5. The highest BCUT2D eigenvalue weighted by Gasteiger charge is 2.35. The highest BCUT2D eigenvalue weighted by Crippen LogP contribution is 2.47. The number of anilines is 6. The van der Waals surface area contributed by atoms with E-state index in [9.17, 15) is 0 Å². The summed E-state index contributed by atoms with van der Waals surface area (Å²) in [5, 5.41) is 19.6. The van der Waals surface area contributed by atoms with Crippen LogP contribution in [0, 0.1) is 0 Å². The van der Waals surface area contributed by atoms with E-state index >= 15 is 0 Å². The minimum absolute atomic E-state index is 0.0733. The van der Waals surface area contributed by atoms with Gasteiger partial charge in [0.15, 0.2) is 0 Å². The van der Waals surface area contributed by atoms with Crippen LogP contribution in [-0.4, -0.2) is 0 Å². The van der Waals surface area contributed by atoms with E-state index in [-0.39, 0.29) is 30.8 Å². The predicted molar refractivity (Wildman–Crippen MR) is 245 cm³/mol. The number of nitrogens with one attached hydrogen (secondary N) is 5. The normalized spacial score (nSPS) is 20.5. The summed E-state index contributed by atoms with van der Waals surface area (Å²) in [6.07, 6.45) is -0.612. The summed E-state index contributed by atoms with van der Waals surface area (Å²) in [4.78, 5) is 4.80. The Balaban J connectivity index is 0.947. The highest BCUT2D eigenvalue weighted by molar-refractivity contribution is 5.84. The average molecular weight is 780 g/mol. The summed E-state index contributed by atoms with van der Waals surface area (Å²) in [5.74, 6) is 0. The largest absolute Gasteiger partial charge is 0.359 e. The van der Waals surface area contributed by atoms with Gasteiger partial charge in [-0.15, -0.1) is 0 Å². The first-order valence-electron chi connectivity index (χ1n) is 20.8. The number of nitrogens with zero attached hydrogens (tertiary/aromatic N) is 2. The molecule has 0 aromatic heterocycles. The van der Waals surface area contributed by atoms with Crippen molar-refractivity contribution in [3.8, 4) is 11.1 Å². The van der Waals surface area contributed by atoms with Crippen molar-refractivity contribution in [2.75, 3.05) is 20.4 Å². The van der Waals surface area contributed by atoms with E-state index in [4.69, 9.17) is 0 Å². The first-order chi connectivity index (χ1) is 29.7. The topological polar surface area (TPSA) is 66.6 Å². The van der Waals surface area contributed by atoms with E-state index in [1.54, 1.807) is 0 Å². The molecule has 0 radical (unpaired) electrons. The lowest BCUT2D eigenvalue weighted by atomic mass is 9.99. The van der Waals surface area contributed by atoms with Crippen LogP contribution in [0.2, 0.25) is 0 Å². The van der Waals surface area contributed by atoms with Crippen LogP contribution in [0.4, 0.5) is 34.1 Å². The van der Waals surface area contributed by atoms with Crippen LogP contribution in [0.3, 0.4) is 0 Å². The zero-order valence-corrected chi connectivity index (χ0v) is 33.0. The van der Waals surface area contributed by atoms with Gasteiger partial charge in [-0.3, -0.25) is 16.0 Å². The molecular weight excluding hydrogens is 735 g/mol. The molecule has 11 rings (SSSR count). The molecule has 3 heterocycles. The van der Waals surface area contributed by atoms with Gasteiger partial charge in [0.25, 0.3) is 0 Å². The Hall–Kier alpha value is -7.16. The lowest BCUT2D eigenvalue weighted by molar-refractivity contribution is 0.203. The monoisotopic (exact) mass is 779 g/mol. The Morgan fingerprint density at radius 2 is 0.683 bits per heavy atom. The Morgan fingerprint density at radius 3 is 1.17 bits per heavy atom. The summed E-state index contributed by atoms with van der Waals surface area (Å²) in [5.41, 5.74) is 15.1. The van der Waals surface area contributed by atoms with E-state index in [2.05, 4.69) is 249 Å². The van der Waals surface area contributed by atoms with Crippen molar-refractivity contribution in [2.24, 2.45) is 0 Å². The number of benzene rings is 8. The van der Waals surface area contributed by atoms with Gasteiger partial charge >= 0.3 is 0 Å². The second-order valence-electron chi connectivity index (χ2n) is 15.7. The van der Waals surface area contributed by atoms with Crippen LogP contribution in [0.25, 0.3) is 11.1 Å². The fourth-order valence-corrected chi connectivity index (χ4v) is 9.07. The lowest BCUT2D eigenvalue weighted by Crippen LogP contribution is -2.54. The van der Waals surface area contributed by atoms with Gasteiger partial charge in [-0.1, -0.05) is 152 Å². The van der Waals surface area contributed by atoms with E-state index in [1.165, 1.54) is 39.2 Å². The summed E-state index contributed by atoms with van der Waals surface area (Å²) in [7, 11) is 0. The molecule has 0 aliphatic carbocycles. The Bertz CT molecular complexity index is 2590. The molecule has 1 fully saturated rings. The molecule has 60 heavy (non-hydrogen) atoms. The van der Waals surface area contributed by atoms with Crippen molar-refractivity contribution < 1.29 is 0 Å². The maximum atomic E-state index is 3.99. The van der Waals surface area contributed by atoms with Gasteiger partial charge in [-0.25, -0.2) is 0 Å². The molecule has 0 bridgehead atoms. The summed E-state index contributed by atoms with van der Waals surface area (Å²) in [6, 6.07) is 75.9. The quantitative estimate of drug-likeness (QED) is 0.105. The molecule has 5 N–H and O–H groups in total. The molecule has 7 heteroatoms. The first kappa shape index (κ1) is 36.0. The minimum Gasteiger partial charge on any atom is -0.359 e. The van der Waals surface area contributed by atoms with Gasteiger partial charge in [0, 0.05) is 11.4 Å². The summed E-state index contributed by atoms with van der Waals surface area (Å²) in [6.45, 7) is 0. The Labute approximate surface area is 351 Å². The smallest absolute Gasteiger partial charge is 0.130 e. The van der Waals surface area contributed by atoms with Gasteiger partial charge in [-0.2, -0.15) is 0 Å². The predicted octanol–water partition coefficient (Wildman–Crippen LogP) is 12.1. The molecule has 4 atom stereocenters. The SMILES string of the molecule is c1ccc(-c2ccc(C3NC(c4cccc(C5Nc6ccccc6N5c5ccccc5)c4)NC(c4cccc(C5Nc6ccccc6N5c5ccccc5)c4)N3)cc2)cc1. The molecule has 3 aliphatic heterocycles. The first-order valence-corrected chi connectivity index (χ1v) is 20.8. The molecular formula is C53H45N7. The number of para-hydroxylation sites is 6. The van der Waals surface area contributed by atoms with Crippen LogP contribution >= 0.6 is 0 Å². The second-order valence-corrected chi connectivity index (χ2v) is 15.7. The fraction of sp³-hybridized carbons (Fsp3) is 0.0943. The van der Waals surface area contributed by atoms with Gasteiger partial charge < -0.3 is 20.4 Å². The van der Waals surface area contributed by atoms with Crippen LogP contribution < -0.4 is 36.4 Å². The van der Waals surface area contributed by atoms with Gasteiger partial charge in [0.2, 0.25) is 0 Å². The summed E-state index contributed by atoms with van der Waals surface area (Å²) < 4.78 is 0.